The van der Waals surface area contributed by atoms with E-state index in [-0.39, 0.29) is 11.5 Å². The van der Waals surface area contributed by atoms with E-state index in [4.69, 9.17) is 0 Å². The molecule has 0 radical (unpaired) electrons. The smallest absolute Gasteiger partial charge is 0.0724 e. The molecule has 5 heteroatoms. The minimum Gasteiger partial charge on any atom is -0.338 e. The Morgan fingerprint density at radius 3 is 2.05 bits per heavy atom. The molecule has 3 aliphatic carbocycles. The summed E-state index contributed by atoms with van der Waals surface area (Å²) >= 11 is 0. The number of hydrogen-bond donors (Lipinski definition) is 0. The standard InChI is InChI=1S/C56H49N5/c1-56(2)51-25-15-24-50-49-36-37-57-39-54(49)61(55(50)51)53-35-34-48(38-52(53)56)60(46-30-26-44(27-31-46)58(40-16-7-3-8-17-40)41-18-9-4-10-19-41)47-32-28-45(29-33-47)59(42-20-11-5-12-21-42)43-22-13-6-14-23-43/h3-5,7-11,13,15-20,22-28,30-39,45H,6,12,14,21,29H2,1-2H3. The maximum Gasteiger partial charge on any atom is 0.0724 e. The van der Waals surface area contributed by atoms with E-state index in [9.17, 15) is 0 Å². The second-order valence-corrected chi connectivity index (χ2v) is 17.0. The normalized spacial score (nSPS) is 17.4. The van der Waals surface area contributed by atoms with Crippen molar-refractivity contribution in [3.05, 3.63) is 223 Å². The molecule has 7 aromatic rings. The lowest BCUT2D eigenvalue weighted by atomic mass is 9.74. The minimum atomic E-state index is -0.240. The van der Waals surface area contributed by atoms with Gasteiger partial charge in [-0.25, -0.2) is 0 Å². The number of para-hydroxylation sites is 3. The van der Waals surface area contributed by atoms with Gasteiger partial charge in [0, 0.05) is 67.9 Å². The molecular formula is C56H49N5. The van der Waals surface area contributed by atoms with Crippen molar-refractivity contribution in [2.45, 2.75) is 57.4 Å². The van der Waals surface area contributed by atoms with E-state index in [0.717, 1.165) is 66.1 Å². The van der Waals surface area contributed by atoms with Gasteiger partial charge in [0.1, 0.15) is 0 Å². The summed E-state index contributed by atoms with van der Waals surface area (Å²) in [6.45, 7) is 4.76. The molecule has 11 rings (SSSR count). The zero-order chi connectivity index (χ0) is 40.9. The Bertz CT molecular complexity index is 2940. The highest BCUT2D eigenvalue weighted by molar-refractivity contribution is 6.11. The fraction of sp³-hybridized carbons (Fsp3) is 0.161. The molecule has 298 valence electrons. The van der Waals surface area contributed by atoms with Crippen LogP contribution < -0.4 is 9.80 Å². The number of nitrogens with zero attached hydrogens (tertiary/aromatic N) is 5. The number of benzene rings is 5. The van der Waals surface area contributed by atoms with Crippen LogP contribution in [0.25, 0.3) is 27.5 Å². The molecule has 0 saturated heterocycles. The van der Waals surface area contributed by atoms with Crippen molar-refractivity contribution in [2.75, 3.05) is 9.80 Å². The number of rotatable bonds is 9. The van der Waals surface area contributed by atoms with E-state index >= 15 is 0 Å². The van der Waals surface area contributed by atoms with Gasteiger partial charge >= 0.3 is 0 Å². The molecule has 0 N–H and O–H groups in total. The fourth-order valence-electron chi connectivity index (χ4n) is 10.1. The van der Waals surface area contributed by atoms with Gasteiger partial charge in [-0.3, -0.25) is 4.98 Å². The van der Waals surface area contributed by atoms with Crippen LogP contribution in [-0.2, 0) is 5.41 Å². The molecule has 0 bridgehead atoms. The molecule has 1 unspecified atom stereocenters. The molecule has 4 aliphatic rings. The predicted molar refractivity (Wildman–Crippen MR) is 254 cm³/mol. The Morgan fingerprint density at radius 1 is 0.623 bits per heavy atom. The lowest BCUT2D eigenvalue weighted by Gasteiger charge is -2.39. The largest absolute Gasteiger partial charge is 0.338 e. The summed E-state index contributed by atoms with van der Waals surface area (Å²) in [4.78, 5) is 12.0. The van der Waals surface area contributed by atoms with Crippen molar-refractivity contribution in [3.8, 4) is 5.69 Å². The van der Waals surface area contributed by atoms with Gasteiger partial charge in [-0.2, -0.15) is 0 Å². The Balaban J connectivity index is 1.03. The van der Waals surface area contributed by atoms with Gasteiger partial charge < -0.3 is 19.3 Å². The first kappa shape index (κ1) is 36.9. The first-order valence-electron chi connectivity index (χ1n) is 21.8. The molecular weight excluding hydrogens is 743 g/mol. The Morgan fingerprint density at radius 2 is 1.36 bits per heavy atom. The van der Waals surface area contributed by atoms with Crippen molar-refractivity contribution in [2.24, 2.45) is 0 Å². The van der Waals surface area contributed by atoms with E-state index in [1.807, 2.05) is 12.4 Å². The van der Waals surface area contributed by atoms with Gasteiger partial charge in [0.15, 0.2) is 0 Å². The SMILES string of the molecule is CC1(C)c2cc(N(C3=CCC(N(C4=CCCC=C4)C4=CC=CCC4)C=C3)c3ccc(N(c4ccccc4)c4ccccc4)cc3)ccc2-n2c3cnccc3c3cccc1c32. The maximum atomic E-state index is 4.60. The van der Waals surface area contributed by atoms with E-state index in [2.05, 4.69) is 220 Å². The number of anilines is 5. The maximum absolute atomic E-state index is 4.60. The van der Waals surface area contributed by atoms with Crippen LogP contribution in [0.5, 0.6) is 0 Å². The highest BCUT2D eigenvalue weighted by atomic mass is 15.2. The third-order valence-corrected chi connectivity index (χ3v) is 13.0. The van der Waals surface area contributed by atoms with Crippen molar-refractivity contribution in [1.29, 1.82) is 0 Å². The average molecular weight is 792 g/mol. The molecule has 61 heavy (non-hydrogen) atoms. The van der Waals surface area contributed by atoms with Gasteiger partial charge in [-0.05, 0) is 134 Å². The number of allylic oxidation sites excluding steroid dienone is 8. The molecule has 1 atom stereocenters. The molecule has 0 saturated carbocycles. The molecule has 0 amide bonds. The zero-order valence-corrected chi connectivity index (χ0v) is 34.8. The van der Waals surface area contributed by atoms with Crippen molar-refractivity contribution < 1.29 is 0 Å². The molecule has 5 nitrogen and oxygen atoms in total. The van der Waals surface area contributed by atoms with Crippen LogP contribution in [0, 0.1) is 0 Å². The summed E-state index contributed by atoms with van der Waals surface area (Å²) in [5.41, 5.74) is 15.5. The van der Waals surface area contributed by atoms with Crippen molar-refractivity contribution >= 4 is 50.2 Å². The number of fused-ring (bicyclic) bond motifs is 5. The molecule has 3 heterocycles. The molecule has 2 aromatic heterocycles. The number of hydrogen-bond acceptors (Lipinski definition) is 4. The van der Waals surface area contributed by atoms with Crippen molar-refractivity contribution in [1.82, 2.24) is 14.5 Å². The van der Waals surface area contributed by atoms with Crippen LogP contribution in [0.1, 0.15) is 57.1 Å². The molecule has 5 aromatic carbocycles. The second-order valence-electron chi connectivity index (χ2n) is 17.0. The minimum absolute atomic E-state index is 0.224. The molecule has 0 fully saturated rings. The number of pyridine rings is 1. The average Bonchev–Trinajstić information content (AvgIpc) is 3.66. The first-order valence-corrected chi connectivity index (χ1v) is 21.8. The summed E-state index contributed by atoms with van der Waals surface area (Å²) in [5.74, 6) is 0. The second kappa shape index (κ2) is 15.2. The quantitative estimate of drug-likeness (QED) is 0.146. The summed E-state index contributed by atoms with van der Waals surface area (Å²) in [7, 11) is 0. The Labute approximate surface area is 358 Å². The molecule has 0 spiro atoms. The topological polar surface area (TPSA) is 27.5 Å². The van der Waals surface area contributed by atoms with Gasteiger partial charge in [-0.15, -0.1) is 0 Å². The van der Waals surface area contributed by atoms with Gasteiger partial charge in [0.2, 0.25) is 0 Å². The monoisotopic (exact) mass is 791 g/mol. The van der Waals surface area contributed by atoms with Crippen LogP contribution in [0.4, 0.5) is 28.4 Å². The Kier molecular flexibility index (Phi) is 9.18. The van der Waals surface area contributed by atoms with Gasteiger partial charge in [-0.1, -0.05) is 105 Å². The van der Waals surface area contributed by atoms with E-state index in [0.29, 0.717) is 0 Å². The predicted octanol–water partition coefficient (Wildman–Crippen LogP) is 14.4. The highest BCUT2D eigenvalue weighted by Gasteiger charge is 2.36. The summed E-state index contributed by atoms with van der Waals surface area (Å²) in [6.07, 6.45) is 30.3. The van der Waals surface area contributed by atoms with Crippen molar-refractivity contribution in [3.63, 3.8) is 0 Å². The van der Waals surface area contributed by atoms with E-state index in [1.54, 1.807) is 0 Å². The van der Waals surface area contributed by atoms with Gasteiger partial charge in [0.05, 0.1) is 29.0 Å². The van der Waals surface area contributed by atoms with Crippen LogP contribution in [-0.4, -0.2) is 20.5 Å². The third kappa shape index (κ3) is 6.35. The van der Waals surface area contributed by atoms with Crippen LogP contribution >= 0.6 is 0 Å². The highest BCUT2D eigenvalue weighted by Crippen LogP contribution is 2.49. The zero-order valence-electron chi connectivity index (χ0n) is 34.8. The van der Waals surface area contributed by atoms with Crippen LogP contribution in [0.2, 0.25) is 0 Å². The Hall–Kier alpha value is -7.11. The van der Waals surface area contributed by atoms with Crippen LogP contribution in [0.3, 0.4) is 0 Å². The van der Waals surface area contributed by atoms with E-state index < -0.39 is 0 Å². The van der Waals surface area contributed by atoms with Gasteiger partial charge in [0.25, 0.3) is 0 Å². The van der Waals surface area contributed by atoms with Crippen LogP contribution in [0.15, 0.2) is 212 Å². The summed E-state index contributed by atoms with van der Waals surface area (Å²) < 4.78 is 2.45. The summed E-state index contributed by atoms with van der Waals surface area (Å²) in [5, 5.41) is 2.52. The fourth-order valence-corrected chi connectivity index (χ4v) is 10.1. The lowest BCUT2D eigenvalue weighted by molar-refractivity contribution is 0.355. The number of aromatic nitrogens is 2. The lowest BCUT2D eigenvalue weighted by Crippen LogP contribution is -2.34. The molecule has 1 aliphatic heterocycles. The first-order chi connectivity index (χ1) is 30.0. The third-order valence-electron chi connectivity index (χ3n) is 13.0. The van der Waals surface area contributed by atoms with E-state index in [1.165, 1.54) is 50.2 Å². The summed E-state index contributed by atoms with van der Waals surface area (Å²) in [6, 6.07) is 46.6.